The number of aromatic nitrogens is 1. The van der Waals surface area contributed by atoms with Crippen LogP contribution >= 0.6 is 36.2 Å². The zero-order chi connectivity index (χ0) is 18.8. The third-order valence-corrected chi connectivity index (χ3v) is 5.89. The van der Waals surface area contributed by atoms with Crippen LogP contribution in [0.3, 0.4) is 0 Å². The number of halogens is 2. The molecule has 1 aromatic carbocycles. The smallest absolute Gasteiger partial charge is 0.349 e. The van der Waals surface area contributed by atoms with Crippen molar-refractivity contribution in [2.75, 3.05) is 13.1 Å². The fourth-order valence-corrected chi connectivity index (χ4v) is 4.35. The first-order chi connectivity index (χ1) is 13.1. The molecule has 4 rings (SSSR count). The molecule has 2 aromatic heterocycles. The number of nitrogens with one attached hydrogen (secondary N) is 2. The molecule has 6 nitrogen and oxygen atoms in total. The van der Waals surface area contributed by atoms with Crippen LogP contribution < -0.4 is 16.3 Å². The Kier molecular flexibility index (Phi) is 8.22. The summed E-state index contributed by atoms with van der Waals surface area (Å²) in [5.41, 5.74) is 3.85. The summed E-state index contributed by atoms with van der Waals surface area (Å²) >= 11 is 1.54. The third kappa shape index (κ3) is 4.98. The van der Waals surface area contributed by atoms with Gasteiger partial charge in [-0.05, 0) is 49.6 Å². The number of piperidine rings is 1. The van der Waals surface area contributed by atoms with Crippen LogP contribution in [0.2, 0.25) is 0 Å². The van der Waals surface area contributed by atoms with Gasteiger partial charge >= 0.3 is 5.63 Å². The van der Waals surface area contributed by atoms with Gasteiger partial charge in [-0.1, -0.05) is 12.1 Å². The molecule has 156 valence electrons. The van der Waals surface area contributed by atoms with Crippen molar-refractivity contribution in [2.24, 2.45) is 0 Å². The zero-order valence-corrected chi connectivity index (χ0v) is 18.3. The SMILES string of the molecule is Cc1cc(C2CCCNC2)oc(=O)c1C(=O)NCc1cccc2ncsc12.Cl.Cl. The molecule has 9 heteroatoms. The Morgan fingerprint density at radius 1 is 1.38 bits per heavy atom. The van der Waals surface area contributed by atoms with E-state index in [9.17, 15) is 9.59 Å². The molecule has 3 heterocycles. The maximum Gasteiger partial charge on any atom is 0.349 e. The number of benzene rings is 1. The van der Waals surface area contributed by atoms with Crippen LogP contribution in [0.5, 0.6) is 0 Å². The van der Waals surface area contributed by atoms with Gasteiger partial charge in [-0.2, -0.15) is 0 Å². The van der Waals surface area contributed by atoms with E-state index in [1.165, 1.54) is 11.3 Å². The van der Waals surface area contributed by atoms with Gasteiger partial charge in [0.05, 0.1) is 15.7 Å². The number of fused-ring (bicyclic) bond motifs is 1. The summed E-state index contributed by atoms with van der Waals surface area (Å²) < 4.78 is 6.54. The summed E-state index contributed by atoms with van der Waals surface area (Å²) in [5, 5.41) is 6.16. The van der Waals surface area contributed by atoms with E-state index in [1.807, 2.05) is 24.3 Å². The maximum atomic E-state index is 12.6. The summed E-state index contributed by atoms with van der Waals surface area (Å²) in [7, 11) is 0. The highest BCUT2D eigenvalue weighted by atomic mass is 35.5. The minimum atomic E-state index is -0.566. The highest BCUT2D eigenvalue weighted by molar-refractivity contribution is 7.16. The molecule has 1 aliphatic heterocycles. The van der Waals surface area contributed by atoms with Crippen LogP contribution in [0.4, 0.5) is 0 Å². The topological polar surface area (TPSA) is 84.2 Å². The molecule has 0 radical (unpaired) electrons. The first kappa shape index (κ1) is 23.3. The van der Waals surface area contributed by atoms with Gasteiger partial charge in [-0.15, -0.1) is 36.2 Å². The monoisotopic (exact) mass is 455 g/mol. The molecule has 1 atom stereocenters. The van der Waals surface area contributed by atoms with Crippen LogP contribution in [-0.4, -0.2) is 24.0 Å². The second-order valence-corrected chi connectivity index (χ2v) is 7.69. The lowest BCUT2D eigenvalue weighted by Gasteiger charge is -2.22. The standard InChI is InChI=1S/C20H21N3O3S.2ClH/c1-12-8-16(13-5-3-7-21-9-13)26-20(25)17(12)19(24)22-10-14-4-2-6-15-18(14)27-11-23-15;;/h2,4,6,8,11,13,21H,3,5,7,9-10H2,1H3,(H,22,24);2*1H. The number of hydrogen-bond acceptors (Lipinski definition) is 6. The molecule has 0 saturated carbocycles. The zero-order valence-electron chi connectivity index (χ0n) is 15.9. The van der Waals surface area contributed by atoms with E-state index in [0.717, 1.165) is 41.7 Å². The van der Waals surface area contributed by atoms with Gasteiger partial charge in [0.1, 0.15) is 11.3 Å². The Bertz CT molecular complexity index is 1040. The number of hydrogen-bond donors (Lipinski definition) is 2. The van der Waals surface area contributed by atoms with Crippen molar-refractivity contribution in [2.45, 2.75) is 32.2 Å². The van der Waals surface area contributed by atoms with Crippen molar-refractivity contribution < 1.29 is 9.21 Å². The number of rotatable bonds is 4. The minimum absolute atomic E-state index is 0. The molecule has 0 aliphatic carbocycles. The van der Waals surface area contributed by atoms with Crippen LogP contribution in [0.15, 0.2) is 39.0 Å². The second-order valence-electron chi connectivity index (χ2n) is 6.84. The predicted octanol–water partition coefficient (Wildman–Crippen LogP) is 3.80. The van der Waals surface area contributed by atoms with Gasteiger partial charge in [0.2, 0.25) is 0 Å². The average molecular weight is 456 g/mol. The van der Waals surface area contributed by atoms with Crippen molar-refractivity contribution >= 4 is 52.3 Å². The van der Waals surface area contributed by atoms with Gasteiger partial charge in [0.15, 0.2) is 0 Å². The van der Waals surface area contributed by atoms with E-state index in [-0.39, 0.29) is 36.3 Å². The molecule has 29 heavy (non-hydrogen) atoms. The molecule has 1 amide bonds. The van der Waals surface area contributed by atoms with Gasteiger partial charge < -0.3 is 15.1 Å². The van der Waals surface area contributed by atoms with Crippen molar-refractivity contribution in [1.82, 2.24) is 15.6 Å². The molecule has 3 aromatic rings. The molecule has 1 fully saturated rings. The Morgan fingerprint density at radius 2 is 2.21 bits per heavy atom. The lowest BCUT2D eigenvalue weighted by molar-refractivity contribution is 0.0945. The van der Waals surface area contributed by atoms with Crippen LogP contribution in [-0.2, 0) is 6.54 Å². The Morgan fingerprint density at radius 3 is 2.93 bits per heavy atom. The van der Waals surface area contributed by atoms with E-state index < -0.39 is 11.5 Å². The lowest BCUT2D eigenvalue weighted by atomic mass is 9.95. The Labute approximate surface area is 184 Å². The van der Waals surface area contributed by atoms with Gasteiger partial charge in [0.25, 0.3) is 5.91 Å². The number of amides is 1. The van der Waals surface area contributed by atoms with E-state index in [0.29, 0.717) is 17.9 Å². The summed E-state index contributed by atoms with van der Waals surface area (Å²) in [6.45, 7) is 3.92. The van der Waals surface area contributed by atoms with Crippen LogP contribution in [0, 0.1) is 6.92 Å². The second kappa shape index (κ2) is 10.2. The first-order valence-corrected chi connectivity index (χ1v) is 9.96. The normalized spacial score (nSPS) is 16.0. The molecule has 0 spiro atoms. The largest absolute Gasteiger partial charge is 0.427 e. The Balaban J connectivity index is 0.00000150. The van der Waals surface area contributed by atoms with E-state index >= 15 is 0 Å². The molecule has 2 N–H and O–H groups in total. The van der Waals surface area contributed by atoms with Crippen molar-refractivity contribution in [3.8, 4) is 0 Å². The van der Waals surface area contributed by atoms with Crippen molar-refractivity contribution in [3.05, 3.63) is 62.6 Å². The lowest BCUT2D eigenvalue weighted by Crippen LogP contribution is -2.31. The molecule has 1 aliphatic rings. The maximum absolute atomic E-state index is 12.6. The third-order valence-electron chi connectivity index (χ3n) is 4.97. The summed E-state index contributed by atoms with van der Waals surface area (Å²) in [6.07, 6.45) is 2.04. The molecule has 1 saturated heterocycles. The number of thiazole rings is 1. The predicted molar refractivity (Wildman–Crippen MR) is 120 cm³/mol. The quantitative estimate of drug-likeness (QED) is 0.624. The number of nitrogens with zero attached hydrogens (tertiary/aromatic N) is 1. The van der Waals surface area contributed by atoms with E-state index in [4.69, 9.17) is 4.42 Å². The average Bonchev–Trinajstić information content (AvgIpc) is 3.16. The fourth-order valence-electron chi connectivity index (χ4n) is 3.55. The van der Waals surface area contributed by atoms with Gasteiger partial charge in [-0.3, -0.25) is 4.79 Å². The molecular formula is C20H23Cl2N3O3S. The van der Waals surface area contributed by atoms with E-state index in [2.05, 4.69) is 15.6 Å². The summed E-state index contributed by atoms with van der Waals surface area (Å²) in [6, 6.07) is 7.64. The van der Waals surface area contributed by atoms with Crippen LogP contribution in [0.25, 0.3) is 10.2 Å². The Hall–Kier alpha value is -1.93. The molecule has 1 unspecified atom stereocenters. The molecular weight excluding hydrogens is 433 g/mol. The van der Waals surface area contributed by atoms with Crippen molar-refractivity contribution in [3.63, 3.8) is 0 Å². The number of carbonyl (C=O) groups excluding carboxylic acids is 1. The number of carbonyl (C=O) groups is 1. The highest BCUT2D eigenvalue weighted by Gasteiger charge is 2.22. The number of aryl methyl sites for hydroxylation is 1. The first-order valence-electron chi connectivity index (χ1n) is 9.08. The van der Waals surface area contributed by atoms with Crippen LogP contribution in [0.1, 0.15) is 46.0 Å². The van der Waals surface area contributed by atoms with Crippen molar-refractivity contribution in [1.29, 1.82) is 0 Å². The summed E-state index contributed by atoms with van der Waals surface area (Å²) in [4.78, 5) is 29.4. The van der Waals surface area contributed by atoms with Gasteiger partial charge in [0, 0.05) is 19.0 Å². The fraction of sp³-hybridized carbons (Fsp3) is 0.350. The minimum Gasteiger partial charge on any atom is -0.427 e. The highest BCUT2D eigenvalue weighted by Crippen LogP contribution is 2.24. The van der Waals surface area contributed by atoms with E-state index in [1.54, 1.807) is 12.4 Å². The molecule has 0 bridgehead atoms. The summed E-state index contributed by atoms with van der Waals surface area (Å²) in [5.74, 6) is 0.443. The van der Waals surface area contributed by atoms with Gasteiger partial charge in [-0.25, -0.2) is 9.78 Å².